The van der Waals surface area contributed by atoms with Crippen molar-refractivity contribution in [3.8, 4) is 0 Å². The zero-order valence-corrected chi connectivity index (χ0v) is 22.1. The van der Waals surface area contributed by atoms with Gasteiger partial charge < -0.3 is 16.0 Å². The lowest BCUT2D eigenvalue weighted by Crippen LogP contribution is -2.61. The molecule has 2 bridgehead atoms. The van der Waals surface area contributed by atoms with Crippen LogP contribution >= 0.6 is 0 Å². The van der Waals surface area contributed by atoms with Crippen LogP contribution in [0, 0.1) is 17.8 Å². The molecule has 6 nitrogen and oxygen atoms in total. The van der Waals surface area contributed by atoms with Crippen LogP contribution in [0.4, 0.5) is 0 Å². The molecule has 0 radical (unpaired) electrons. The highest BCUT2D eigenvalue weighted by Gasteiger charge is 2.56. The average Bonchev–Trinajstić information content (AvgIpc) is 3.34. The van der Waals surface area contributed by atoms with E-state index in [2.05, 4.69) is 22.5 Å². The van der Waals surface area contributed by atoms with Crippen LogP contribution in [0.25, 0.3) is 0 Å². The van der Waals surface area contributed by atoms with Gasteiger partial charge in [0.15, 0.2) is 0 Å². The number of carbonyl (C=O) groups is 2. The lowest BCUT2D eigenvalue weighted by molar-refractivity contribution is -0.136. The summed E-state index contributed by atoms with van der Waals surface area (Å²) >= 11 is 0. The van der Waals surface area contributed by atoms with Gasteiger partial charge >= 0.3 is 0 Å². The van der Waals surface area contributed by atoms with Crippen molar-refractivity contribution < 1.29 is 9.59 Å². The highest BCUT2D eigenvalue weighted by Crippen LogP contribution is 2.52. The number of rotatable bonds is 6. The van der Waals surface area contributed by atoms with Gasteiger partial charge in [0.2, 0.25) is 11.8 Å². The molecule has 7 atom stereocenters. The number of hydrogen-bond donors (Lipinski definition) is 3. The number of hydrogen-bond acceptors (Lipinski definition) is 4. The van der Waals surface area contributed by atoms with Crippen molar-refractivity contribution >= 4 is 11.8 Å². The van der Waals surface area contributed by atoms with E-state index in [1.165, 1.54) is 64.2 Å². The van der Waals surface area contributed by atoms with Gasteiger partial charge in [-0.2, -0.15) is 0 Å². The van der Waals surface area contributed by atoms with Gasteiger partial charge in [0.05, 0.1) is 6.04 Å². The number of nitrogens with two attached hydrogens (primary N) is 1. The van der Waals surface area contributed by atoms with Crippen LogP contribution in [-0.2, 0) is 9.59 Å². The minimum Gasteiger partial charge on any atom is -0.352 e. The molecule has 5 aliphatic rings. The molecule has 2 aliphatic carbocycles. The number of amides is 2. The number of nitrogens with zero attached hydrogens (tertiary/aromatic N) is 1. The summed E-state index contributed by atoms with van der Waals surface area (Å²) in [6.45, 7) is 3.04. The fourth-order valence-corrected chi connectivity index (χ4v) is 9.11. The molecule has 3 heterocycles. The molecule has 4 N–H and O–H groups in total. The van der Waals surface area contributed by atoms with E-state index in [4.69, 9.17) is 5.73 Å². The lowest BCUT2D eigenvalue weighted by atomic mass is 9.59. The zero-order valence-electron chi connectivity index (χ0n) is 22.1. The summed E-state index contributed by atoms with van der Waals surface area (Å²) in [7, 11) is 0. The molecule has 2 amide bonds. The average molecular weight is 487 g/mol. The van der Waals surface area contributed by atoms with Crippen LogP contribution in [0.15, 0.2) is 0 Å². The standard InChI is InChI=1S/C29H50N4O2/c1-20-9-7-12-22-17-26(32-29(20,22)21-10-5-3-2-4-6-11-21)28(35)31-23-18-24-14-15-25(19-23)33(24)27(34)13-8-16-30/h20-26,32H,2-19,30H2,1H3,(H,31,35)/t20?,22?,23?,24-,25+,26?,29?. The van der Waals surface area contributed by atoms with E-state index in [9.17, 15) is 9.59 Å². The Hall–Kier alpha value is -1.14. The van der Waals surface area contributed by atoms with E-state index in [0.29, 0.717) is 36.9 Å². The van der Waals surface area contributed by atoms with Gasteiger partial charge in [-0.05, 0) is 88.5 Å². The summed E-state index contributed by atoms with van der Waals surface area (Å²) in [4.78, 5) is 28.5. The maximum absolute atomic E-state index is 13.6. The SMILES string of the molecule is CC1CCCC2CC(C(=O)NC3C[C@H]4CC[C@@H](C3)N4C(=O)CCCN)NC12C1CCCCCCC1. The minimum atomic E-state index is -0.0483. The number of piperidine rings is 1. The third kappa shape index (κ3) is 5.03. The molecule has 35 heavy (non-hydrogen) atoms. The highest BCUT2D eigenvalue weighted by molar-refractivity contribution is 5.83. The Morgan fingerprint density at radius 2 is 1.54 bits per heavy atom. The Bertz CT molecular complexity index is 737. The molecule has 198 valence electrons. The van der Waals surface area contributed by atoms with Crippen LogP contribution in [0.5, 0.6) is 0 Å². The van der Waals surface area contributed by atoms with Crippen molar-refractivity contribution in [2.45, 2.75) is 146 Å². The molecule has 0 spiro atoms. The Kier molecular flexibility index (Phi) is 8.08. The molecule has 6 heteroatoms. The molecular formula is C29H50N4O2. The van der Waals surface area contributed by atoms with Crippen LogP contribution in [-0.4, -0.2) is 53.0 Å². The zero-order chi connectivity index (χ0) is 24.4. The van der Waals surface area contributed by atoms with Gasteiger partial charge in [0.25, 0.3) is 0 Å². The van der Waals surface area contributed by atoms with E-state index in [0.717, 1.165) is 44.4 Å². The smallest absolute Gasteiger partial charge is 0.237 e. The molecule has 0 aromatic heterocycles. The van der Waals surface area contributed by atoms with Crippen molar-refractivity contribution in [3.05, 3.63) is 0 Å². The van der Waals surface area contributed by atoms with Gasteiger partial charge in [-0.25, -0.2) is 0 Å². The van der Waals surface area contributed by atoms with Crippen molar-refractivity contribution in [1.29, 1.82) is 0 Å². The summed E-state index contributed by atoms with van der Waals surface area (Å²) in [5.74, 6) is 2.51. The molecule has 5 fully saturated rings. The second kappa shape index (κ2) is 11.1. The first-order chi connectivity index (χ1) is 17.0. The second-order valence-corrected chi connectivity index (χ2v) is 12.7. The molecule has 0 aromatic rings. The topological polar surface area (TPSA) is 87.5 Å². The lowest BCUT2D eigenvalue weighted by Gasteiger charge is -2.51. The van der Waals surface area contributed by atoms with Crippen molar-refractivity contribution in [2.24, 2.45) is 23.5 Å². The predicted molar refractivity (Wildman–Crippen MR) is 140 cm³/mol. The van der Waals surface area contributed by atoms with Gasteiger partial charge in [0.1, 0.15) is 0 Å². The van der Waals surface area contributed by atoms with Crippen molar-refractivity contribution in [3.63, 3.8) is 0 Å². The van der Waals surface area contributed by atoms with E-state index in [1.807, 2.05) is 0 Å². The van der Waals surface area contributed by atoms with E-state index < -0.39 is 0 Å². The van der Waals surface area contributed by atoms with Crippen molar-refractivity contribution in [2.75, 3.05) is 6.54 Å². The van der Waals surface area contributed by atoms with Crippen LogP contribution < -0.4 is 16.4 Å². The summed E-state index contributed by atoms with van der Waals surface area (Å²) in [6, 6.07) is 0.750. The maximum atomic E-state index is 13.6. The molecular weight excluding hydrogens is 436 g/mol. The molecule has 2 saturated carbocycles. The molecule has 5 unspecified atom stereocenters. The Labute approximate surface area is 212 Å². The maximum Gasteiger partial charge on any atom is 0.237 e. The number of fused-ring (bicyclic) bond motifs is 3. The second-order valence-electron chi connectivity index (χ2n) is 12.7. The Morgan fingerprint density at radius 1 is 0.886 bits per heavy atom. The van der Waals surface area contributed by atoms with E-state index in [-0.39, 0.29) is 29.4 Å². The first-order valence-electron chi connectivity index (χ1n) is 15.1. The minimum absolute atomic E-state index is 0.0483. The first kappa shape index (κ1) is 25.5. The normalized spacial score (nSPS) is 40.1. The molecule has 0 aromatic carbocycles. The fourth-order valence-electron chi connectivity index (χ4n) is 9.11. The number of carbonyl (C=O) groups excluding carboxylic acids is 2. The number of nitrogens with one attached hydrogen (secondary N) is 2. The summed E-state index contributed by atoms with van der Waals surface area (Å²) < 4.78 is 0. The van der Waals surface area contributed by atoms with E-state index in [1.54, 1.807) is 0 Å². The largest absolute Gasteiger partial charge is 0.352 e. The molecule has 3 saturated heterocycles. The molecule has 5 rings (SSSR count). The van der Waals surface area contributed by atoms with Gasteiger partial charge in [-0.1, -0.05) is 45.4 Å². The quantitative estimate of drug-likeness (QED) is 0.523. The third-order valence-corrected chi connectivity index (χ3v) is 10.7. The molecule has 3 aliphatic heterocycles. The van der Waals surface area contributed by atoms with Gasteiger partial charge in [-0.15, -0.1) is 0 Å². The van der Waals surface area contributed by atoms with E-state index >= 15 is 0 Å². The Morgan fingerprint density at radius 3 is 2.23 bits per heavy atom. The predicted octanol–water partition coefficient (Wildman–Crippen LogP) is 4.26. The summed E-state index contributed by atoms with van der Waals surface area (Å²) in [6.07, 6.45) is 19.8. The first-order valence-corrected chi connectivity index (χ1v) is 15.1. The monoisotopic (exact) mass is 486 g/mol. The van der Waals surface area contributed by atoms with Gasteiger partial charge in [-0.3, -0.25) is 14.9 Å². The third-order valence-electron chi connectivity index (χ3n) is 10.7. The summed E-state index contributed by atoms with van der Waals surface area (Å²) in [5.41, 5.74) is 5.79. The van der Waals surface area contributed by atoms with Gasteiger partial charge in [0, 0.05) is 30.1 Å². The Balaban J connectivity index is 1.23. The summed E-state index contributed by atoms with van der Waals surface area (Å²) in [5, 5.41) is 7.54. The van der Waals surface area contributed by atoms with Crippen LogP contribution in [0.1, 0.15) is 116 Å². The van der Waals surface area contributed by atoms with Crippen LogP contribution in [0.2, 0.25) is 0 Å². The van der Waals surface area contributed by atoms with Crippen molar-refractivity contribution in [1.82, 2.24) is 15.5 Å². The fraction of sp³-hybridized carbons (Fsp3) is 0.931. The highest BCUT2D eigenvalue weighted by atomic mass is 16.2. The van der Waals surface area contributed by atoms with Crippen LogP contribution in [0.3, 0.4) is 0 Å².